The topological polar surface area (TPSA) is 42.0 Å². The number of aromatic nitrogens is 1. The van der Waals surface area contributed by atoms with E-state index in [-0.39, 0.29) is 11.8 Å². The highest BCUT2D eigenvalue weighted by Crippen LogP contribution is 2.20. The van der Waals surface area contributed by atoms with Gasteiger partial charge in [0.05, 0.1) is 0 Å². The third-order valence-electron chi connectivity index (χ3n) is 3.53. The molecule has 0 spiro atoms. The van der Waals surface area contributed by atoms with E-state index in [1.807, 2.05) is 49.6 Å². The van der Waals surface area contributed by atoms with E-state index < -0.39 is 0 Å². The molecule has 110 valence electrons. The second kappa shape index (κ2) is 8.20. The standard InChI is InChI=1S/C18H22N2O/c1-2-6-18(21)20-14-17(16-7-4-3-5-8-16)13-15-9-11-19-12-10-15/h3-5,7-12,17H,2,6,13-14H2,1H3,(H,20,21). The molecule has 1 heterocycles. The van der Waals surface area contributed by atoms with Gasteiger partial charge in [-0.15, -0.1) is 0 Å². The Labute approximate surface area is 126 Å². The fourth-order valence-corrected chi connectivity index (χ4v) is 2.39. The van der Waals surface area contributed by atoms with E-state index in [0.717, 1.165) is 12.8 Å². The minimum Gasteiger partial charge on any atom is -0.355 e. The summed E-state index contributed by atoms with van der Waals surface area (Å²) in [6.07, 6.45) is 6.00. The molecule has 1 amide bonds. The van der Waals surface area contributed by atoms with Gasteiger partial charge in [-0.1, -0.05) is 37.3 Å². The van der Waals surface area contributed by atoms with Crippen LogP contribution in [0.25, 0.3) is 0 Å². The zero-order valence-electron chi connectivity index (χ0n) is 12.5. The Bertz CT molecular complexity index is 540. The lowest BCUT2D eigenvalue weighted by Crippen LogP contribution is -2.29. The maximum atomic E-state index is 11.7. The molecule has 0 radical (unpaired) electrons. The fourth-order valence-electron chi connectivity index (χ4n) is 2.39. The molecule has 0 aliphatic carbocycles. The molecular formula is C18H22N2O. The van der Waals surface area contributed by atoms with Crippen LogP contribution in [0.3, 0.4) is 0 Å². The highest BCUT2D eigenvalue weighted by atomic mass is 16.1. The maximum absolute atomic E-state index is 11.7. The van der Waals surface area contributed by atoms with Crippen molar-refractivity contribution in [2.45, 2.75) is 32.1 Å². The summed E-state index contributed by atoms with van der Waals surface area (Å²) in [5.41, 5.74) is 2.50. The van der Waals surface area contributed by atoms with E-state index in [4.69, 9.17) is 0 Å². The first-order valence-corrected chi connectivity index (χ1v) is 7.50. The van der Waals surface area contributed by atoms with Gasteiger partial charge < -0.3 is 5.32 Å². The largest absolute Gasteiger partial charge is 0.355 e. The van der Waals surface area contributed by atoms with Crippen LogP contribution < -0.4 is 5.32 Å². The summed E-state index contributed by atoms with van der Waals surface area (Å²) in [5, 5.41) is 3.05. The third kappa shape index (κ3) is 5.03. The first-order valence-electron chi connectivity index (χ1n) is 7.50. The van der Waals surface area contributed by atoms with E-state index in [9.17, 15) is 4.79 Å². The fraction of sp³-hybridized carbons (Fsp3) is 0.333. The van der Waals surface area contributed by atoms with Gasteiger partial charge in [0.15, 0.2) is 0 Å². The Morgan fingerprint density at radius 3 is 2.52 bits per heavy atom. The van der Waals surface area contributed by atoms with Crippen LogP contribution in [-0.4, -0.2) is 17.4 Å². The van der Waals surface area contributed by atoms with Crippen molar-refractivity contribution in [1.82, 2.24) is 10.3 Å². The van der Waals surface area contributed by atoms with Crippen molar-refractivity contribution >= 4 is 5.91 Å². The molecule has 3 nitrogen and oxygen atoms in total. The summed E-state index contributed by atoms with van der Waals surface area (Å²) >= 11 is 0. The summed E-state index contributed by atoms with van der Waals surface area (Å²) in [7, 11) is 0. The minimum absolute atomic E-state index is 0.133. The maximum Gasteiger partial charge on any atom is 0.220 e. The van der Waals surface area contributed by atoms with Crippen LogP contribution in [0.15, 0.2) is 54.9 Å². The van der Waals surface area contributed by atoms with Gasteiger partial charge in [0.1, 0.15) is 0 Å². The minimum atomic E-state index is 0.133. The van der Waals surface area contributed by atoms with Crippen LogP contribution >= 0.6 is 0 Å². The number of amides is 1. The van der Waals surface area contributed by atoms with E-state index in [1.165, 1.54) is 11.1 Å². The van der Waals surface area contributed by atoms with E-state index in [0.29, 0.717) is 13.0 Å². The van der Waals surface area contributed by atoms with Gasteiger partial charge in [0, 0.05) is 31.3 Å². The monoisotopic (exact) mass is 282 g/mol. The average Bonchev–Trinajstić information content (AvgIpc) is 2.53. The van der Waals surface area contributed by atoms with Crippen LogP contribution in [0, 0.1) is 0 Å². The van der Waals surface area contributed by atoms with Gasteiger partial charge in [0.2, 0.25) is 5.91 Å². The number of nitrogens with zero attached hydrogens (tertiary/aromatic N) is 1. The number of pyridine rings is 1. The lowest BCUT2D eigenvalue weighted by atomic mass is 9.92. The van der Waals surface area contributed by atoms with Crippen molar-refractivity contribution in [1.29, 1.82) is 0 Å². The molecule has 0 saturated heterocycles. The van der Waals surface area contributed by atoms with Crippen LogP contribution in [0.4, 0.5) is 0 Å². The van der Waals surface area contributed by atoms with Crippen molar-refractivity contribution < 1.29 is 4.79 Å². The predicted octanol–water partition coefficient (Wildman–Crippen LogP) is 3.32. The zero-order valence-corrected chi connectivity index (χ0v) is 12.5. The molecule has 1 unspecified atom stereocenters. The summed E-state index contributed by atoms with van der Waals surface area (Å²) < 4.78 is 0. The Hall–Kier alpha value is -2.16. The molecule has 2 aromatic rings. The van der Waals surface area contributed by atoms with Crippen molar-refractivity contribution in [2.24, 2.45) is 0 Å². The molecule has 1 aromatic heterocycles. The van der Waals surface area contributed by atoms with Gasteiger partial charge in [-0.05, 0) is 36.1 Å². The first-order chi connectivity index (χ1) is 10.3. The van der Waals surface area contributed by atoms with Crippen LogP contribution in [0.2, 0.25) is 0 Å². The van der Waals surface area contributed by atoms with Crippen LogP contribution in [-0.2, 0) is 11.2 Å². The first kappa shape index (κ1) is 15.2. The molecule has 0 fully saturated rings. The summed E-state index contributed by atoms with van der Waals surface area (Å²) in [4.78, 5) is 15.8. The van der Waals surface area contributed by atoms with E-state index in [2.05, 4.69) is 22.4 Å². The molecule has 0 aliphatic heterocycles. The van der Waals surface area contributed by atoms with Gasteiger partial charge >= 0.3 is 0 Å². The number of carbonyl (C=O) groups is 1. The summed E-state index contributed by atoms with van der Waals surface area (Å²) in [6.45, 7) is 2.69. The number of carbonyl (C=O) groups excluding carboxylic acids is 1. The normalized spacial score (nSPS) is 11.9. The SMILES string of the molecule is CCCC(=O)NCC(Cc1ccncc1)c1ccccc1. The lowest BCUT2D eigenvalue weighted by Gasteiger charge is -2.18. The van der Waals surface area contributed by atoms with Crippen molar-refractivity contribution in [3.8, 4) is 0 Å². The molecular weight excluding hydrogens is 260 g/mol. The predicted molar refractivity (Wildman–Crippen MR) is 85.0 cm³/mol. The molecule has 1 aromatic carbocycles. The van der Waals surface area contributed by atoms with Crippen molar-refractivity contribution in [3.05, 3.63) is 66.0 Å². The smallest absolute Gasteiger partial charge is 0.220 e. The lowest BCUT2D eigenvalue weighted by molar-refractivity contribution is -0.121. The second-order valence-corrected chi connectivity index (χ2v) is 5.22. The van der Waals surface area contributed by atoms with Gasteiger partial charge in [-0.25, -0.2) is 0 Å². The summed E-state index contributed by atoms with van der Waals surface area (Å²) in [5.74, 6) is 0.419. The molecule has 2 rings (SSSR count). The number of benzene rings is 1. The molecule has 1 N–H and O–H groups in total. The highest BCUT2D eigenvalue weighted by molar-refractivity contribution is 5.75. The number of nitrogens with one attached hydrogen (secondary N) is 1. The second-order valence-electron chi connectivity index (χ2n) is 5.22. The number of hydrogen-bond acceptors (Lipinski definition) is 2. The number of hydrogen-bond donors (Lipinski definition) is 1. The Morgan fingerprint density at radius 1 is 1.14 bits per heavy atom. The zero-order chi connectivity index (χ0) is 14.9. The molecule has 3 heteroatoms. The van der Waals surface area contributed by atoms with Crippen LogP contribution in [0.5, 0.6) is 0 Å². The van der Waals surface area contributed by atoms with Gasteiger partial charge in [-0.2, -0.15) is 0 Å². The van der Waals surface area contributed by atoms with Gasteiger partial charge in [0.25, 0.3) is 0 Å². The molecule has 1 atom stereocenters. The van der Waals surface area contributed by atoms with Crippen molar-refractivity contribution in [2.75, 3.05) is 6.54 Å². The van der Waals surface area contributed by atoms with E-state index >= 15 is 0 Å². The Morgan fingerprint density at radius 2 is 1.86 bits per heavy atom. The quantitative estimate of drug-likeness (QED) is 0.846. The molecule has 0 bridgehead atoms. The highest BCUT2D eigenvalue weighted by Gasteiger charge is 2.13. The molecule has 0 aliphatic rings. The average molecular weight is 282 g/mol. The summed E-state index contributed by atoms with van der Waals surface area (Å²) in [6, 6.07) is 14.4. The van der Waals surface area contributed by atoms with Crippen LogP contribution in [0.1, 0.15) is 36.8 Å². The van der Waals surface area contributed by atoms with Gasteiger partial charge in [-0.3, -0.25) is 9.78 Å². The Kier molecular flexibility index (Phi) is 5.95. The third-order valence-corrected chi connectivity index (χ3v) is 3.53. The van der Waals surface area contributed by atoms with E-state index in [1.54, 1.807) is 0 Å². The molecule has 0 saturated carbocycles. The van der Waals surface area contributed by atoms with Crippen molar-refractivity contribution in [3.63, 3.8) is 0 Å². The molecule has 21 heavy (non-hydrogen) atoms. The number of rotatable bonds is 7. The Balaban J connectivity index is 2.06.